The maximum atomic E-state index is 11.4. The van der Waals surface area contributed by atoms with Crippen molar-refractivity contribution in [3.63, 3.8) is 0 Å². The van der Waals surface area contributed by atoms with Crippen LogP contribution < -0.4 is 5.32 Å². The molecule has 1 atom stereocenters. The van der Waals surface area contributed by atoms with Gasteiger partial charge in [-0.3, -0.25) is 4.79 Å². The molecule has 14 heavy (non-hydrogen) atoms. The van der Waals surface area contributed by atoms with Crippen LogP contribution in [-0.2, 0) is 11.2 Å². The molecule has 1 aliphatic heterocycles. The van der Waals surface area contributed by atoms with Crippen molar-refractivity contribution in [2.24, 2.45) is 0 Å². The summed E-state index contributed by atoms with van der Waals surface area (Å²) < 4.78 is 0. The van der Waals surface area contributed by atoms with Gasteiger partial charge in [-0.2, -0.15) is 0 Å². The molecule has 1 N–H and O–H groups in total. The van der Waals surface area contributed by atoms with Crippen LogP contribution in [0, 0.1) is 0 Å². The third kappa shape index (κ3) is 1.65. The lowest BCUT2D eigenvalue weighted by molar-refractivity contribution is -0.120. The van der Waals surface area contributed by atoms with E-state index < -0.39 is 0 Å². The molecule has 0 bridgehead atoms. The summed E-state index contributed by atoms with van der Waals surface area (Å²) in [6.07, 6.45) is 1.99. The highest BCUT2D eigenvalue weighted by atomic mass is 16.2. The molecule has 74 valence electrons. The van der Waals surface area contributed by atoms with Crippen molar-refractivity contribution < 1.29 is 4.79 Å². The number of carbonyl (C=O) groups excluding carboxylic acids is 1. The first-order valence-corrected chi connectivity index (χ1v) is 5.18. The normalized spacial score (nSPS) is 20.9. The van der Waals surface area contributed by atoms with Gasteiger partial charge in [0.05, 0.1) is 5.92 Å². The maximum absolute atomic E-state index is 11.4. The van der Waals surface area contributed by atoms with Crippen LogP contribution in [0.15, 0.2) is 24.3 Å². The minimum absolute atomic E-state index is 0.0842. The third-order valence-corrected chi connectivity index (χ3v) is 2.84. The van der Waals surface area contributed by atoms with Crippen molar-refractivity contribution in [1.29, 1.82) is 0 Å². The average molecular weight is 189 g/mol. The zero-order valence-corrected chi connectivity index (χ0v) is 8.42. The molecule has 0 aromatic heterocycles. The molecule has 0 aliphatic carbocycles. The molecule has 2 heteroatoms. The van der Waals surface area contributed by atoms with Gasteiger partial charge in [-0.25, -0.2) is 0 Å². The van der Waals surface area contributed by atoms with Crippen LogP contribution >= 0.6 is 0 Å². The van der Waals surface area contributed by atoms with Gasteiger partial charge in [0, 0.05) is 6.54 Å². The number of nitrogens with one attached hydrogen (secondary N) is 1. The molecular weight excluding hydrogens is 174 g/mol. The van der Waals surface area contributed by atoms with Gasteiger partial charge in [-0.15, -0.1) is 0 Å². The topological polar surface area (TPSA) is 29.1 Å². The lowest BCUT2D eigenvalue weighted by Crippen LogP contribution is -2.17. The van der Waals surface area contributed by atoms with Gasteiger partial charge < -0.3 is 5.32 Å². The van der Waals surface area contributed by atoms with Gasteiger partial charge in [0.1, 0.15) is 0 Å². The second-order valence-corrected chi connectivity index (χ2v) is 3.73. The van der Waals surface area contributed by atoms with Crippen molar-refractivity contribution in [3.05, 3.63) is 35.4 Å². The molecule has 1 aromatic rings. The smallest absolute Gasteiger partial charge is 0.227 e. The highest BCUT2D eigenvalue weighted by molar-refractivity contribution is 5.85. The number of hydrogen-bond acceptors (Lipinski definition) is 1. The third-order valence-electron chi connectivity index (χ3n) is 2.84. The zero-order valence-electron chi connectivity index (χ0n) is 8.42. The second-order valence-electron chi connectivity index (χ2n) is 3.73. The first-order chi connectivity index (χ1) is 6.81. The molecule has 0 spiro atoms. The second kappa shape index (κ2) is 3.82. The summed E-state index contributed by atoms with van der Waals surface area (Å²) in [6, 6.07) is 8.38. The number of rotatable bonds is 2. The fourth-order valence-electron chi connectivity index (χ4n) is 1.90. The average Bonchev–Trinajstić information content (AvgIpc) is 2.65. The Balaban J connectivity index is 2.20. The zero-order chi connectivity index (χ0) is 9.97. The first-order valence-electron chi connectivity index (χ1n) is 5.18. The Kier molecular flexibility index (Phi) is 2.53. The van der Waals surface area contributed by atoms with Crippen LogP contribution in [-0.4, -0.2) is 12.5 Å². The summed E-state index contributed by atoms with van der Waals surface area (Å²) >= 11 is 0. The van der Waals surface area contributed by atoms with Crippen molar-refractivity contribution >= 4 is 5.91 Å². The van der Waals surface area contributed by atoms with E-state index in [1.807, 2.05) is 0 Å². The number of carbonyl (C=O) groups is 1. The SMILES string of the molecule is CCc1ccc(C2CCNC2=O)cc1. The summed E-state index contributed by atoms with van der Waals surface area (Å²) in [5.74, 6) is 0.259. The molecule has 1 unspecified atom stereocenters. The van der Waals surface area contributed by atoms with Gasteiger partial charge in [-0.05, 0) is 24.0 Å². The van der Waals surface area contributed by atoms with E-state index in [0.29, 0.717) is 0 Å². The standard InChI is InChI=1S/C12H15NO/c1-2-9-3-5-10(6-4-9)11-7-8-13-12(11)14/h3-6,11H,2,7-8H2,1H3,(H,13,14). The molecule has 0 radical (unpaired) electrons. The first kappa shape index (κ1) is 9.25. The van der Waals surface area contributed by atoms with E-state index in [4.69, 9.17) is 0 Å². The molecule has 1 saturated heterocycles. The number of amides is 1. The molecule has 2 rings (SSSR count). The molecule has 1 heterocycles. The molecule has 1 fully saturated rings. The van der Waals surface area contributed by atoms with Crippen LogP contribution in [0.5, 0.6) is 0 Å². The van der Waals surface area contributed by atoms with Gasteiger partial charge in [-0.1, -0.05) is 31.2 Å². The predicted molar refractivity (Wildman–Crippen MR) is 56.2 cm³/mol. The lowest BCUT2D eigenvalue weighted by atomic mass is 9.96. The van der Waals surface area contributed by atoms with Gasteiger partial charge in [0.15, 0.2) is 0 Å². The fourth-order valence-corrected chi connectivity index (χ4v) is 1.90. The van der Waals surface area contributed by atoms with Crippen LogP contribution in [0.1, 0.15) is 30.4 Å². The van der Waals surface area contributed by atoms with E-state index in [-0.39, 0.29) is 11.8 Å². The largest absolute Gasteiger partial charge is 0.356 e. The van der Waals surface area contributed by atoms with Gasteiger partial charge in [0.2, 0.25) is 5.91 Å². The van der Waals surface area contributed by atoms with E-state index in [0.717, 1.165) is 24.9 Å². The van der Waals surface area contributed by atoms with E-state index in [9.17, 15) is 4.79 Å². The molecule has 0 saturated carbocycles. The molecule has 1 aliphatic rings. The molecule has 2 nitrogen and oxygen atoms in total. The predicted octanol–water partition coefficient (Wildman–Crippen LogP) is 1.85. The molecule has 1 amide bonds. The van der Waals surface area contributed by atoms with Crippen molar-refractivity contribution in [2.45, 2.75) is 25.7 Å². The summed E-state index contributed by atoms with van der Waals surface area (Å²) in [5.41, 5.74) is 2.48. The highest BCUT2D eigenvalue weighted by Gasteiger charge is 2.25. The Morgan fingerprint density at radius 1 is 1.36 bits per heavy atom. The molecule has 1 aromatic carbocycles. The van der Waals surface area contributed by atoms with Gasteiger partial charge in [0.25, 0.3) is 0 Å². The number of benzene rings is 1. The van der Waals surface area contributed by atoms with Crippen molar-refractivity contribution in [1.82, 2.24) is 5.32 Å². The van der Waals surface area contributed by atoms with E-state index in [1.165, 1.54) is 5.56 Å². The van der Waals surface area contributed by atoms with Crippen LogP contribution in [0.3, 0.4) is 0 Å². The van der Waals surface area contributed by atoms with Crippen LogP contribution in [0.25, 0.3) is 0 Å². The highest BCUT2D eigenvalue weighted by Crippen LogP contribution is 2.23. The summed E-state index contributed by atoms with van der Waals surface area (Å²) in [5, 5.41) is 2.86. The number of hydrogen-bond donors (Lipinski definition) is 1. The monoisotopic (exact) mass is 189 g/mol. The van der Waals surface area contributed by atoms with Crippen molar-refractivity contribution in [2.75, 3.05) is 6.54 Å². The van der Waals surface area contributed by atoms with E-state index in [2.05, 4.69) is 36.5 Å². The Labute approximate surface area is 84.3 Å². The quantitative estimate of drug-likeness (QED) is 0.755. The Bertz CT molecular complexity index is 329. The van der Waals surface area contributed by atoms with Crippen molar-refractivity contribution in [3.8, 4) is 0 Å². The summed E-state index contributed by atoms with van der Waals surface area (Å²) in [7, 11) is 0. The van der Waals surface area contributed by atoms with Crippen LogP contribution in [0.4, 0.5) is 0 Å². The van der Waals surface area contributed by atoms with Gasteiger partial charge >= 0.3 is 0 Å². The summed E-state index contributed by atoms with van der Waals surface area (Å²) in [6.45, 7) is 2.95. The maximum Gasteiger partial charge on any atom is 0.227 e. The Hall–Kier alpha value is -1.31. The fraction of sp³-hybridized carbons (Fsp3) is 0.417. The number of aryl methyl sites for hydroxylation is 1. The van der Waals surface area contributed by atoms with Crippen LogP contribution in [0.2, 0.25) is 0 Å². The Morgan fingerprint density at radius 3 is 2.57 bits per heavy atom. The Morgan fingerprint density at radius 2 is 2.07 bits per heavy atom. The van der Waals surface area contributed by atoms with E-state index >= 15 is 0 Å². The van der Waals surface area contributed by atoms with E-state index in [1.54, 1.807) is 0 Å². The minimum atomic E-state index is 0.0842. The lowest BCUT2D eigenvalue weighted by Gasteiger charge is -2.07. The molecular formula is C12H15NO. The minimum Gasteiger partial charge on any atom is -0.356 e. The summed E-state index contributed by atoms with van der Waals surface area (Å²) in [4.78, 5) is 11.4.